The summed E-state index contributed by atoms with van der Waals surface area (Å²) in [6, 6.07) is 7.91. The van der Waals surface area contributed by atoms with Crippen LogP contribution in [0.15, 0.2) is 29.1 Å². The molecule has 1 aliphatic heterocycles. The molecule has 3 heterocycles. The van der Waals surface area contributed by atoms with Gasteiger partial charge in [0.1, 0.15) is 5.75 Å². The summed E-state index contributed by atoms with van der Waals surface area (Å²) in [5, 5.41) is 0.907. The molecule has 10 heteroatoms. The summed E-state index contributed by atoms with van der Waals surface area (Å²) >= 11 is 0. The van der Waals surface area contributed by atoms with Gasteiger partial charge in [-0.15, -0.1) is 0 Å². The van der Waals surface area contributed by atoms with Crippen LogP contribution in [0.1, 0.15) is 55.4 Å². The van der Waals surface area contributed by atoms with E-state index in [1.54, 1.807) is 24.7 Å². The summed E-state index contributed by atoms with van der Waals surface area (Å²) in [4.78, 5) is 42.2. The monoisotopic (exact) mass is 520 g/mol. The van der Waals surface area contributed by atoms with Crippen molar-refractivity contribution in [1.82, 2.24) is 9.55 Å². The molecular formula is C26H30N2NaO6P. The fourth-order valence-corrected chi connectivity index (χ4v) is 5.32. The second kappa shape index (κ2) is 12.3. The zero-order chi connectivity index (χ0) is 25.2. The third-order valence-electron chi connectivity index (χ3n) is 6.76. The maximum Gasteiger partial charge on any atom is 1.00 e. The van der Waals surface area contributed by atoms with Crippen LogP contribution in [0.25, 0.3) is 22.3 Å². The predicted octanol–water partition coefficient (Wildman–Crippen LogP) is 0.616. The molecule has 0 amide bonds. The SMILES string of the molecule is CCCCc1ccc2nc3c(c(OC)c2c1)Cn1c-3cc([C@](C=O)(CC)OP[O-])c(COC)c1=O.[Na+]. The van der Waals surface area contributed by atoms with Crippen LogP contribution in [0.5, 0.6) is 5.75 Å². The molecule has 0 saturated carbocycles. The number of hydrogen-bond donors (Lipinski definition) is 0. The Morgan fingerprint density at radius 1 is 1.25 bits per heavy atom. The summed E-state index contributed by atoms with van der Waals surface area (Å²) in [7, 11) is 1.94. The van der Waals surface area contributed by atoms with Crippen LogP contribution in [0.3, 0.4) is 0 Å². The van der Waals surface area contributed by atoms with Crippen molar-refractivity contribution in [2.24, 2.45) is 0 Å². The van der Waals surface area contributed by atoms with Crippen molar-refractivity contribution in [3.05, 3.63) is 56.9 Å². The summed E-state index contributed by atoms with van der Waals surface area (Å²) in [6.45, 7) is 4.18. The molecule has 0 bridgehead atoms. The zero-order valence-electron chi connectivity index (χ0n) is 21.5. The van der Waals surface area contributed by atoms with Crippen LogP contribution in [0, 0.1) is 0 Å². The molecule has 8 nitrogen and oxygen atoms in total. The molecule has 0 radical (unpaired) electrons. The van der Waals surface area contributed by atoms with Crippen LogP contribution < -0.4 is 44.7 Å². The van der Waals surface area contributed by atoms with Gasteiger partial charge < -0.3 is 23.5 Å². The second-order valence-corrected chi connectivity index (χ2v) is 9.09. The standard InChI is InChI=1S/C26H30N2O6P.Na/c1-5-7-8-16-9-10-21-17(11-16)24(33-4)18-13-28-22(23(18)27-21)12-20(19(14-32-3)25(28)30)26(6-2,15-29)34-35-31;/h9-12,15,35H,5-8,13-14H2,1-4H3;/q-1;+1/t26-;/m1./s1. The predicted molar refractivity (Wildman–Crippen MR) is 134 cm³/mol. The number of methoxy groups -OCH3 is 2. The van der Waals surface area contributed by atoms with Gasteiger partial charge in [0, 0.05) is 29.2 Å². The van der Waals surface area contributed by atoms with Crippen molar-refractivity contribution in [2.45, 2.75) is 58.3 Å². The van der Waals surface area contributed by atoms with Gasteiger partial charge in [0.2, 0.25) is 0 Å². The van der Waals surface area contributed by atoms with E-state index in [0.717, 1.165) is 35.7 Å². The van der Waals surface area contributed by atoms with Gasteiger partial charge in [0.05, 0.1) is 37.2 Å². The maximum atomic E-state index is 13.7. The number of unbranched alkanes of at least 4 members (excludes halogenated alkanes) is 1. The summed E-state index contributed by atoms with van der Waals surface area (Å²) in [5.74, 6) is 0.690. The van der Waals surface area contributed by atoms with Gasteiger partial charge >= 0.3 is 29.6 Å². The van der Waals surface area contributed by atoms with Crippen LogP contribution in [0.2, 0.25) is 0 Å². The number of fused-ring (bicyclic) bond motifs is 4. The molecule has 2 aromatic heterocycles. The fraction of sp³-hybridized carbons (Fsp3) is 0.423. The van der Waals surface area contributed by atoms with Crippen molar-refractivity contribution < 1.29 is 53.2 Å². The minimum atomic E-state index is -1.53. The molecule has 0 spiro atoms. The molecule has 0 saturated heterocycles. The molecule has 0 N–H and O–H groups in total. The number of nitrogens with zero attached hydrogens (tertiary/aromatic N) is 2. The van der Waals surface area contributed by atoms with E-state index in [1.807, 2.05) is 6.07 Å². The van der Waals surface area contributed by atoms with Gasteiger partial charge in [-0.05, 0) is 43.0 Å². The van der Waals surface area contributed by atoms with Gasteiger partial charge in [0.15, 0.2) is 11.9 Å². The van der Waals surface area contributed by atoms with E-state index >= 15 is 0 Å². The first-order valence-corrected chi connectivity index (χ1v) is 12.6. The molecule has 36 heavy (non-hydrogen) atoms. The number of carbonyl (C=O) groups excluding carboxylic acids is 1. The topological polar surface area (TPSA) is 103 Å². The Bertz CT molecular complexity index is 1330. The second-order valence-electron chi connectivity index (χ2n) is 8.72. The number of carbonyl (C=O) groups is 1. The van der Waals surface area contributed by atoms with E-state index < -0.39 is 14.6 Å². The maximum absolute atomic E-state index is 13.7. The van der Waals surface area contributed by atoms with Crippen molar-refractivity contribution >= 4 is 26.2 Å². The van der Waals surface area contributed by atoms with Crippen molar-refractivity contribution in [3.63, 3.8) is 0 Å². The molecular weight excluding hydrogens is 490 g/mol. The minimum absolute atomic E-state index is 0. The third-order valence-corrected chi connectivity index (χ3v) is 7.21. The van der Waals surface area contributed by atoms with E-state index in [0.29, 0.717) is 34.6 Å². The minimum Gasteiger partial charge on any atom is -0.810 e. The number of aromatic nitrogens is 2. The number of benzene rings is 1. The smallest absolute Gasteiger partial charge is 0.810 e. The number of pyridine rings is 2. The molecule has 0 aliphatic carbocycles. The Morgan fingerprint density at radius 2 is 2.03 bits per heavy atom. The fourth-order valence-electron chi connectivity index (χ4n) is 4.87. The van der Waals surface area contributed by atoms with E-state index in [2.05, 4.69) is 19.1 Å². The summed E-state index contributed by atoms with van der Waals surface area (Å²) in [6.07, 6.45) is 3.98. The molecule has 2 atom stereocenters. The first kappa shape index (κ1) is 28.9. The van der Waals surface area contributed by atoms with E-state index in [9.17, 15) is 14.5 Å². The first-order chi connectivity index (χ1) is 17.0. The number of aldehydes is 1. The average Bonchev–Trinajstić information content (AvgIpc) is 3.24. The van der Waals surface area contributed by atoms with Crippen LogP contribution in [-0.2, 0) is 39.2 Å². The first-order valence-electron chi connectivity index (χ1n) is 11.8. The Balaban J connectivity index is 0.00000361. The van der Waals surface area contributed by atoms with Gasteiger partial charge in [-0.1, -0.05) is 35.4 Å². The molecule has 1 unspecified atom stereocenters. The number of aryl methyl sites for hydroxylation is 1. The average molecular weight is 520 g/mol. The van der Waals surface area contributed by atoms with Crippen LogP contribution in [-0.4, -0.2) is 30.1 Å². The van der Waals surface area contributed by atoms with Gasteiger partial charge in [-0.2, -0.15) is 0 Å². The van der Waals surface area contributed by atoms with E-state index in [1.165, 1.54) is 12.7 Å². The van der Waals surface area contributed by atoms with Crippen LogP contribution >= 0.6 is 9.03 Å². The molecule has 0 fully saturated rings. The Hall–Kier alpha value is -1.64. The Labute approximate surface area is 234 Å². The van der Waals surface area contributed by atoms with Crippen LogP contribution in [0.4, 0.5) is 0 Å². The zero-order valence-corrected chi connectivity index (χ0v) is 24.5. The number of ether oxygens (including phenoxy) is 2. The van der Waals surface area contributed by atoms with Gasteiger partial charge in [0.25, 0.3) is 5.56 Å². The summed E-state index contributed by atoms with van der Waals surface area (Å²) < 4.78 is 18.2. The number of hydrogen-bond acceptors (Lipinski definition) is 7. The molecule has 1 aromatic carbocycles. The summed E-state index contributed by atoms with van der Waals surface area (Å²) in [5.41, 5.74) is 2.79. The molecule has 1 aliphatic rings. The molecule has 186 valence electrons. The molecule has 3 aromatic rings. The van der Waals surface area contributed by atoms with Gasteiger partial charge in [-0.3, -0.25) is 9.59 Å². The Kier molecular flexibility index (Phi) is 9.86. The Morgan fingerprint density at radius 3 is 2.64 bits per heavy atom. The van der Waals surface area contributed by atoms with Crippen molar-refractivity contribution in [2.75, 3.05) is 14.2 Å². The third kappa shape index (κ3) is 4.93. The normalized spacial score (nSPS) is 13.9. The quantitative estimate of drug-likeness (QED) is 0.162. The van der Waals surface area contributed by atoms with Crippen molar-refractivity contribution in [1.29, 1.82) is 0 Å². The van der Waals surface area contributed by atoms with E-state index in [-0.39, 0.29) is 54.7 Å². The van der Waals surface area contributed by atoms with E-state index in [4.69, 9.17) is 19.0 Å². The largest absolute Gasteiger partial charge is 1.00 e. The van der Waals surface area contributed by atoms with Gasteiger partial charge in [-0.25, -0.2) is 4.98 Å². The van der Waals surface area contributed by atoms with Crippen molar-refractivity contribution in [3.8, 4) is 17.1 Å². The number of rotatable bonds is 11. The molecule has 4 rings (SSSR count).